The van der Waals surface area contributed by atoms with Crippen molar-refractivity contribution < 1.29 is 9.53 Å². The topological polar surface area (TPSA) is 32.6 Å². The van der Waals surface area contributed by atoms with Gasteiger partial charge in [-0.2, -0.15) is 0 Å². The summed E-state index contributed by atoms with van der Waals surface area (Å²) in [6, 6.07) is 20.7. The Morgan fingerprint density at radius 3 is 2.43 bits per heavy atom. The minimum absolute atomic E-state index is 0.325. The molecule has 0 amide bonds. The van der Waals surface area contributed by atoms with E-state index in [2.05, 4.69) is 45.9 Å². The van der Waals surface area contributed by atoms with E-state index >= 15 is 0 Å². The SMILES string of the molecule is COC(=O)c1ccccc1-c1c2ccc(=[N+](C)C)cc-2sc2cc(N(C)C)ccc12. The molecule has 0 spiro atoms. The molecule has 152 valence electrons. The fraction of sp³-hybridized carbons (Fsp3) is 0.200. The van der Waals surface area contributed by atoms with Crippen LogP contribution in [0.1, 0.15) is 10.4 Å². The van der Waals surface area contributed by atoms with Gasteiger partial charge in [0, 0.05) is 52.4 Å². The fourth-order valence-electron chi connectivity index (χ4n) is 3.70. The Morgan fingerprint density at radius 1 is 0.967 bits per heavy atom. The predicted molar refractivity (Wildman–Crippen MR) is 127 cm³/mol. The van der Waals surface area contributed by atoms with Crippen molar-refractivity contribution in [3.8, 4) is 21.6 Å². The number of benzene rings is 3. The van der Waals surface area contributed by atoms with Gasteiger partial charge in [-0.1, -0.05) is 24.3 Å². The minimum Gasteiger partial charge on any atom is -0.465 e. The van der Waals surface area contributed by atoms with Crippen molar-refractivity contribution >= 4 is 33.1 Å². The largest absolute Gasteiger partial charge is 0.465 e. The molecule has 0 fully saturated rings. The monoisotopic (exact) mass is 417 g/mol. The second kappa shape index (κ2) is 7.92. The lowest BCUT2D eigenvalue weighted by Gasteiger charge is -2.19. The summed E-state index contributed by atoms with van der Waals surface area (Å²) in [5.74, 6) is -0.325. The first-order valence-corrected chi connectivity index (χ1v) is 10.6. The third-order valence-corrected chi connectivity index (χ3v) is 6.44. The Hall–Kier alpha value is -3.18. The molecular formula is C25H25N2O2S+. The Kier molecular flexibility index (Phi) is 5.31. The van der Waals surface area contributed by atoms with Crippen molar-refractivity contribution in [3.63, 3.8) is 0 Å². The van der Waals surface area contributed by atoms with E-state index in [0.29, 0.717) is 5.56 Å². The molecule has 1 aliphatic heterocycles. The molecule has 0 unspecified atom stereocenters. The van der Waals surface area contributed by atoms with Crippen LogP contribution in [-0.2, 0) is 4.74 Å². The number of esters is 1. The highest BCUT2D eigenvalue weighted by atomic mass is 32.1. The Balaban J connectivity index is 2.17. The van der Waals surface area contributed by atoms with E-state index in [9.17, 15) is 4.79 Å². The normalized spacial score (nSPS) is 11.0. The third-order valence-electron chi connectivity index (χ3n) is 5.32. The molecule has 0 saturated carbocycles. The number of ether oxygens (including phenoxy) is 1. The van der Waals surface area contributed by atoms with E-state index in [0.717, 1.165) is 33.1 Å². The first-order chi connectivity index (χ1) is 14.4. The van der Waals surface area contributed by atoms with Crippen molar-refractivity contribution in [1.82, 2.24) is 4.58 Å². The van der Waals surface area contributed by atoms with Gasteiger partial charge >= 0.3 is 5.97 Å². The van der Waals surface area contributed by atoms with Gasteiger partial charge in [0.05, 0.1) is 12.7 Å². The van der Waals surface area contributed by atoms with E-state index in [1.54, 1.807) is 11.3 Å². The number of anilines is 1. The van der Waals surface area contributed by atoms with Gasteiger partial charge in [0.2, 0.25) is 5.36 Å². The van der Waals surface area contributed by atoms with Crippen molar-refractivity contribution in [3.05, 3.63) is 71.6 Å². The average molecular weight is 418 g/mol. The Bertz CT molecular complexity index is 1300. The molecule has 4 nitrogen and oxygen atoms in total. The maximum Gasteiger partial charge on any atom is 0.338 e. The quantitative estimate of drug-likeness (QED) is 0.278. The smallest absolute Gasteiger partial charge is 0.338 e. The number of nitrogens with zero attached hydrogens (tertiary/aromatic N) is 2. The number of fused-ring (bicyclic) bond motifs is 2. The number of methoxy groups -OCH3 is 1. The summed E-state index contributed by atoms with van der Waals surface area (Å²) >= 11 is 1.77. The summed E-state index contributed by atoms with van der Waals surface area (Å²) in [4.78, 5) is 15.8. The van der Waals surface area contributed by atoms with Crippen LogP contribution in [0.2, 0.25) is 0 Å². The van der Waals surface area contributed by atoms with Crippen molar-refractivity contribution in [2.75, 3.05) is 40.2 Å². The molecule has 0 saturated heterocycles. The molecule has 2 aromatic rings. The summed E-state index contributed by atoms with van der Waals surface area (Å²) in [7, 11) is 9.61. The highest BCUT2D eigenvalue weighted by Gasteiger charge is 2.21. The predicted octanol–water partition coefficient (Wildman–Crippen LogP) is 4.56. The lowest BCUT2D eigenvalue weighted by Crippen LogP contribution is -2.21. The molecule has 1 aliphatic carbocycles. The lowest BCUT2D eigenvalue weighted by atomic mass is 9.92. The molecule has 4 rings (SSSR count). The van der Waals surface area contributed by atoms with Crippen LogP contribution in [-0.4, -0.2) is 41.3 Å². The third kappa shape index (κ3) is 3.46. The highest BCUT2D eigenvalue weighted by Crippen LogP contribution is 2.44. The van der Waals surface area contributed by atoms with Crippen molar-refractivity contribution in [2.24, 2.45) is 0 Å². The van der Waals surface area contributed by atoms with Crippen LogP contribution in [0.5, 0.6) is 0 Å². The second-order valence-corrected chi connectivity index (χ2v) is 8.75. The molecule has 1 heterocycles. The summed E-state index contributed by atoms with van der Waals surface area (Å²) in [6.07, 6.45) is 0. The molecule has 0 N–H and O–H groups in total. The van der Waals surface area contributed by atoms with Crippen molar-refractivity contribution in [1.29, 1.82) is 0 Å². The van der Waals surface area contributed by atoms with Gasteiger partial charge in [-0.05, 0) is 35.4 Å². The van der Waals surface area contributed by atoms with Crippen molar-refractivity contribution in [2.45, 2.75) is 0 Å². The van der Waals surface area contributed by atoms with E-state index in [-0.39, 0.29) is 5.97 Å². The molecule has 2 aliphatic rings. The highest BCUT2D eigenvalue weighted by molar-refractivity contribution is 7.21. The summed E-state index contributed by atoms with van der Waals surface area (Å²) in [5.41, 5.74) is 4.81. The van der Waals surface area contributed by atoms with Crippen LogP contribution in [0, 0.1) is 0 Å². The van der Waals surface area contributed by atoms with Gasteiger partial charge in [0.15, 0.2) is 0 Å². The Labute approximate surface area is 180 Å². The van der Waals surface area contributed by atoms with E-state index < -0.39 is 0 Å². The number of hydrogen-bond donors (Lipinski definition) is 0. The maximum atomic E-state index is 12.5. The summed E-state index contributed by atoms with van der Waals surface area (Å²) < 4.78 is 8.36. The fourth-order valence-corrected chi connectivity index (χ4v) is 4.86. The average Bonchev–Trinajstić information content (AvgIpc) is 2.76. The molecule has 0 aromatic heterocycles. The summed E-state index contributed by atoms with van der Waals surface area (Å²) in [5, 5.41) is 2.28. The van der Waals surface area contributed by atoms with Gasteiger partial charge < -0.3 is 9.64 Å². The second-order valence-electron chi connectivity index (χ2n) is 7.66. The minimum atomic E-state index is -0.325. The Morgan fingerprint density at radius 2 is 1.73 bits per heavy atom. The van der Waals surface area contributed by atoms with Gasteiger partial charge in [-0.15, -0.1) is 11.3 Å². The van der Waals surface area contributed by atoms with Gasteiger partial charge in [-0.25, -0.2) is 9.37 Å². The van der Waals surface area contributed by atoms with Crippen LogP contribution in [0.25, 0.3) is 31.7 Å². The van der Waals surface area contributed by atoms with Crippen LogP contribution in [0.4, 0.5) is 5.69 Å². The van der Waals surface area contributed by atoms with Crippen LogP contribution >= 0.6 is 11.3 Å². The standard InChI is InChI=1S/C25H25N2O2S/c1-26(2)16-10-12-20-22(14-16)30-23-15-17(27(3)4)11-13-21(23)24(20)18-8-6-7-9-19(18)25(28)29-5/h6-15H,1-5H3/q+1. The van der Waals surface area contributed by atoms with E-state index in [4.69, 9.17) is 4.74 Å². The van der Waals surface area contributed by atoms with Gasteiger partial charge in [0.25, 0.3) is 0 Å². The summed E-state index contributed by atoms with van der Waals surface area (Å²) in [6.45, 7) is 0. The maximum absolute atomic E-state index is 12.5. The van der Waals surface area contributed by atoms with Crippen LogP contribution < -0.4 is 14.8 Å². The number of carbonyl (C=O) groups is 1. The first kappa shape index (κ1) is 20.1. The molecule has 0 atom stereocenters. The van der Waals surface area contributed by atoms with Gasteiger partial charge in [-0.3, -0.25) is 0 Å². The van der Waals surface area contributed by atoms with Crippen LogP contribution in [0.3, 0.4) is 0 Å². The van der Waals surface area contributed by atoms with Gasteiger partial charge in [0.1, 0.15) is 14.1 Å². The van der Waals surface area contributed by atoms with E-state index in [1.807, 2.05) is 52.5 Å². The van der Waals surface area contributed by atoms with Crippen LogP contribution in [0.15, 0.2) is 60.7 Å². The molecule has 0 bridgehead atoms. The number of carbonyl (C=O) groups excluding carboxylic acids is 1. The zero-order valence-corrected chi connectivity index (χ0v) is 18.7. The molecule has 0 radical (unpaired) electrons. The number of hydrogen-bond acceptors (Lipinski definition) is 4. The zero-order valence-electron chi connectivity index (χ0n) is 17.9. The zero-order chi connectivity index (χ0) is 21.4. The molecule has 5 heteroatoms. The first-order valence-electron chi connectivity index (χ1n) is 9.76. The molecule has 30 heavy (non-hydrogen) atoms. The number of rotatable bonds is 3. The van der Waals surface area contributed by atoms with E-state index in [1.165, 1.54) is 16.7 Å². The molecule has 2 aromatic carbocycles. The lowest BCUT2D eigenvalue weighted by molar-refractivity contribution is 0.0601. The molecular weight excluding hydrogens is 392 g/mol.